The zero-order valence-corrected chi connectivity index (χ0v) is 13.5. The summed E-state index contributed by atoms with van der Waals surface area (Å²) in [4.78, 5) is 15.2. The third kappa shape index (κ3) is 3.84. The lowest BCUT2D eigenvalue weighted by atomic mass is 10.0. The number of hydrogen-bond acceptors (Lipinski definition) is 5. The van der Waals surface area contributed by atoms with Crippen LogP contribution in [0, 0.1) is 0 Å². The van der Waals surface area contributed by atoms with Gasteiger partial charge in [0.05, 0.1) is 17.1 Å². The summed E-state index contributed by atoms with van der Waals surface area (Å²) in [6, 6.07) is 11.8. The van der Waals surface area contributed by atoms with Crippen molar-refractivity contribution in [2.75, 3.05) is 5.43 Å². The molecule has 6 heteroatoms. The number of nitrogens with zero attached hydrogens (tertiary/aromatic N) is 3. The maximum atomic E-state index is 11.1. The van der Waals surface area contributed by atoms with Crippen molar-refractivity contribution in [2.24, 2.45) is 10.2 Å². The molecule has 1 aromatic carbocycles. The topological polar surface area (TPSA) is 78.7 Å². The molecule has 0 unspecified atom stereocenters. The summed E-state index contributed by atoms with van der Waals surface area (Å²) >= 11 is 0. The minimum Gasteiger partial charge on any atom is -0.278 e. The van der Waals surface area contributed by atoms with Crippen LogP contribution in [0.3, 0.4) is 0 Å². The first-order valence-electron chi connectivity index (χ1n) is 7.95. The first-order valence-corrected chi connectivity index (χ1v) is 7.95. The highest BCUT2D eigenvalue weighted by molar-refractivity contribution is 6.04. The summed E-state index contributed by atoms with van der Waals surface area (Å²) < 4.78 is 0. The minimum atomic E-state index is -0.0328. The van der Waals surface area contributed by atoms with Gasteiger partial charge in [-0.3, -0.25) is 15.2 Å². The van der Waals surface area contributed by atoms with Crippen LogP contribution in [0.15, 0.2) is 59.0 Å². The third-order valence-electron chi connectivity index (χ3n) is 3.79. The summed E-state index contributed by atoms with van der Waals surface area (Å²) in [5.74, 6) is -0.0328. The van der Waals surface area contributed by atoms with E-state index >= 15 is 0 Å². The van der Waals surface area contributed by atoms with Crippen molar-refractivity contribution in [1.82, 2.24) is 10.4 Å². The van der Waals surface area contributed by atoms with Gasteiger partial charge in [0.25, 0.3) is 0 Å². The zero-order valence-electron chi connectivity index (χ0n) is 13.5. The van der Waals surface area contributed by atoms with Gasteiger partial charge in [-0.2, -0.15) is 10.2 Å². The maximum Gasteiger partial charge on any atom is 0.240 e. The molecule has 0 saturated carbocycles. The van der Waals surface area contributed by atoms with E-state index in [1.54, 1.807) is 12.4 Å². The van der Waals surface area contributed by atoms with E-state index in [9.17, 15) is 4.79 Å². The Balaban J connectivity index is 1.70. The molecule has 1 aromatic heterocycles. The fraction of sp³-hybridized carbons (Fsp3) is 0.222. The summed E-state index contributed by atoms with van der Waals surface area (Å²) in [6.07, 6.45) is 5.50. The van der Waals surface area contributed by atoms with Crippen molar-refractivity contribution in [3.8, 4) is 0 Å². The van der Waals surface area contributed by atoms with Gasteiger partial charge in [-0.05, 0) is 36.2 Å². The molecule has 1 aliphatic heterocycles. The van der Waals surface area contributed by atoms with Gasteiger partial charge >= 0.3 is 0 Å². The van der Waals surface area contributed by atoms with E-state index in [-0.39, 0.29) is 5.91 Å². The van der Waals surface area contributed by atoms with Crippen LogP contribution in [-0.4, -0.2) is 22.3 Å². The van der Waals surface area contributed by atoms with Crippen LogP contribution in [0.5, 0.6) is 0 Å². The van der Waals surface area contributed by atoms with E-state index in [0.29, 0.717) is 12.8 Å². The second-order valence-corrected chi connectivity index (χ2v) is 5.43. The Morgan fingerprint density at radius 1 is 1.17 bits per heavy atom. The molecular weight excluding hydrogens is 302 g/mol. The summed E-state index contributed by atoms with van der Waals surface area (Å²) in [5, 5.41) is 8.59. The molecule has 1 aliphatic rings. The molecule has 2 heterocycles. The molecule has 0 aliphatic carbocycles. The lowest BCUT2D eigenvalue weighted by molar-refractivity contribution is -0.121. The van der Waals surface area contributed by atoms with E-state index in [1.165, 1.54) is 0 Å². The SMILES string of the molecule is CCC(=NNc1ccc(C2=NNC(=O)CC2)cc1)c1ccncc1. The molecular formula is C18H19N5O. The second-order valence-electron chi connectivity index (χ2n) is 5.43. The molecule has 1 amide bonds. The number of pyridine rings is 1. The summed E-state index contributed by atoms with van der Waals surface area (Å²) in [7, 11) is 0. The molecule has 122 valence electrons. The van der Waals surface area contributed by atoms with E-state index in [2.05, 4.69) is 33.0 Å². The third-order valence-corrected chi connectivity index (χ3v) is 3.79. The van der Waals surface area contributed by atoms with Crippen LogP contribution >= 0.6 is 0 Å². The number of anilines is 1. The van der Waals surface area contributed by atoms with Crippen LogP contribution in [0.25, 0.3) is 0 Å². The van der Waals surface area contributed by atoms with E-state index in [0.717, 1.165) is 34.7 Å². The maximum absolute atomic E-state index is 11.1. The highest BCUT2D eigenvalue weighted by Crippen LogP contribution is 2.15. The number of nitrogens with one attached hydrogen (secondary N) is 2. The second kappa shape index (κ2) is 7.50. The summed E-state index contributed by atoms with van der Waals surface area (Å²) in [5.41, 5.74) is 10.4. The largest absolute Gasteiger partial charge is 0.278 e. The number of hydrazone groups is 2. The molecule has 0 saturated heterocycles. The minimum absolute atomic E-state index is 0.0328. The molecule has 0 fully saturated rings. The normalized spacial score (nSPS) is 14.8. The van der Waals surface area contributed by atoms with E-state index in [4.69, 9.17) is 0 Å². The van der Waals surface area contributed by atoms with Gasteiger partial charge in [-0.25, -0.2) is 5.43 Å². The lowest BCUT2D eigenvalue weighted by Crippen LogP contribution is -2.25. The fourth-order valence-corrected chi connectivity index (χ4v) is 2.44. The number of aromatic nitrogens is 1. The first kappa shape index (κ1) is 15.9. The fourth-order valence-electron chi connectivity index (χ4n) is 2.44. The number of amides is 1. The zero-order chi connectivity index (χ0) is 16.8. The van der Waals surface area contributed by atoms with Crippen molar-refractivity contribution in [3.05, 3.63) is 59.9 Å². The Morgan fingerprint density at radius 2 is 1.92 bits per heavy atom. The Hall–Kier alpha value is -3.02. The van der Waals surface area contributed by atoms with Crippen LogP contribution in [0.1, 0.15) is 37.3 Å². The molecule has 2 N–H and O–H groups in total. The van der Waals surface area contributed by atoms with Gasteiger partial charge in [0.2, 0.25) is 5.91 Å². The molecule has 0 bridgehead atoms. The van der Waals surface area contributed by atoms with Crippen molar-refractivity contribution in [2.45, 2.75) is 26.2 Å². The number of rotatable bonds is 5. The van der Waals surface area contributed by atoms with Crippen molar-refractivity contribution in [1.29, 1.82) is 0 Å². The number of carbonyl (C=O) groups is 1. The Kier molecular flexibility index (Phi) is 4.96. The lowest BCUT2D eigenvalue weighted by Gasteiger charge is -2.12. The Morgan fingerprint density at radius 3 is 2.54 bits per heavy atom. The highest BCUT2D eigenvalue weighted by atomic mass is 16.2. The quantitative estimate of drug-likeness (QED) is 0.656. The molecule has 6 nitrogen and oxygen atoms in total. The first-order chi connectivity index (χ1) is 11.8. The van der Waals surface area contributed by atoms with Gasteiger partial charge in [0.15, 0.2) is 0 Å². The standard InChI is InChI=1S/C18H19N5O/c1-2-16(14-9-11-19-12-10-14)21-20-15-5-3-13(4-6-15)17-7-8-18(24)23-22-17/h3-6,9-12,20H,2,7-8H2,1H3,(H,23,24). The van der Waals surface area contributed by atoms with Gasteiger partial charge in [0.1, 0.15) is 0 Å². The Bertz CT molecular complexity index is 766. The number of hydrogen-bond donors (Lipinski definition) is 2. The van der Waals surface area contributed by atoms with E-state index in [1.807, 2.05) is 36.4 Å². The van der Waals surface area contributed by atoms with Crippen LogP contribution in [0.2, 0.25) is 0 Å². The average molecular weight is 321 g/mol. The van der Waals surface area contributed by atoms with Crippen molar-refractivity contribution < 1.29 is 4.79 Å². The average Bonchev–Trinajstić information content (AvgIpc) is 2.64. The molecule has 0 radical (unpaired) electrons. The van der Waals surface area contributed by atoms with Gasteiger partial charge in [-0.1, -0.05) is 19.1 Å². The smallest absolute Gasteiger partial charge is 0.240 e. The van der Waals surface area contributed by atoms with Gasteiger partial charge < -0.3 is 0 Å². The van der Waals surface area contributed by atoms with Crippen molar-refractivity contribution >= 4 is 23.0 Å². The number of carbonyl (C=O) groups excluding carboxylic acids is 1. The molecule has 0 atom stereocenters. The van der Waals surface area contributed by atoms with E-state index < -0.39 is 0 Å². The highest BCUT2D eigenvalue weighted by Gasteiger charge is 2.12. The predicted octanol–water partition coefficient (Wildman–Crippen LogP) is 2.92. The van der Waals surface area contributed by atoms with Crippen LogP contribution < -0.4 is 10.9 Å². The van der Waals surface area contributed by atoms with Crippen LogP contribution in [0.4, 0.5) is 5.69 Å². The molecule has 2 aromatic rings. The summed E-state index contributed by atoms with van der Waals surface area (Å²) in [6.45, 7) is 2.07. The van der Waals surface area contributed by atoms with Crippen molar-refractivity contribution in [3.63, 3.8) is 0 Å². The van der Waals surface area contributed by atoms with Gasteiger partial charge in [0, 0.05) is 30.8 Å². The molecule has 24 heavy (non-hydrogen) atoms. The number of benzene rings is 1. The molecule has 0 spiro atoms. The Labute approximate surface area is 140 Å². The van der Waals surface area contributed by atoms with Crippen LogP contribution in [-0.2, 0) is 4.79 Å². The van der Waals surface area contributed by atoms with Gasteiger partial charge in [-0.15, -0.1) is 0 Å². The predicted molar refractivity (Wildman–Crippen MR) is 95.0 cm³/mol. The molecule has 3 rings (SSSR count). The monoisotopic (exact) mass is 321 g/mol.